The van der Waals surface area contributed by atoms with Crippen LogP contribution in [0.4, 0.5) is 0 Å². The van der Waals surface area contributed by atoms with E-state index in [9.17, 15) is 16.8 Å². The highest BCUT2D eigenvalue weighted by molar-refractivity contribution is 7.95. The van der Waals surface area contributed by atoms with Gasteiger partial charge in [0.05, 0.1) is 9.49 Å². The molecule has 1 aromatic rings. The number of hydrogen-bond acceptors (Lipinski definition) is 6. The minimum atomic E-state index is -3.89. The Hall–Kier alpha value is -0.960. The van der Waals surface area contributed by atoms with Crippen molar-refractivity contribution < 1.29 is 16.8 Å². The first-order valence-corrected chi connectivity index (χ1v) is 8.60. The van der Waals surface area contributed by atoms with Crippen molar-refractivity contribution in [3.63, 3.8) is 0 Å². The van der Waals surface area contributed by atoms with E-state index in [0.717, 1.165) is 0 Å². The minimum absolute atomic E-state index is 0.449. The Labute approximate surface area is 113 Å². The SMILES string of the molecule is CC(C)(C)S(=O)(=O)c1nn[nH]c1S(=O)(=O)C(C)(C)C. The van der Waals surface area contributed by atoms with Crippen LogP contribution in [0, 0.1) is 0 Å². The zero-order valence-corrected chi connectivity index (χ0v) is 13.5. The molecule has 1 N–H and O–H groups in total. The molecule has 19 heavy (non-hydrogen) atoms. The van der Waals surface area contributed by atoms with Crippen molar-refractivity contribution >= 4 is 19.7 Å². The molecule has 9 heteroatoms. The maximum absolute atomic E-state index is 12.3. The zero-order chi connectivity index (χ0) is 15.3. The van der Waals surface area contributed by atoms with Crippen LogP contribution in [0.2, 0.25) is 0 Å². The lowest BCUT2D eigenvalue weighted by Crippen LogP contribution is -2.33. The average molecular weight is 309 g/mol. The van der Waals surface area contributed by atoms with Gasteiger partial charge >= 0.3 is 0 Å². The molecule has 0 aliphatic carbocycles. The van der Waals surface area contributed by atoms with E-state index in [-0.39, 0.29) is 0 Å². The molecule has 7 nitrogen and oxygen atoms in total. The number of H-pyrrole nitrogens is 1. The molecule has 1 aromatic heterocycles. The summed E-state index contributed by atoms with van der Waals surface area (Å²) in [6.07, 6.45) is 0. The first kappa shape index (κ1) is 16.1. The number of hydrogen-bond donors (Lipinski definition) is 1. The molecule has 1 heterocycles. The topological polar surface area (TPSA) is 110 Å². The maximum atomic E-state index is 12.3. The Bertz CT molecular complexity index is 615. The van der Waals surface area contributed by atoms with E-state index in [1.54, 1.807) is 0 Å². The fourth-order valence-corrected chi connectivity index (χ4v) is 3.88. The number of aromatic amines is 1. The van der Waals surface area contributed by atoms with Crippen LogP contribution in [0.25, 0.3) is 0 Å². The van der Waals surface area contributed by atoms with E-state index in [4.69, 9.17) is 0 Å². The minimum Gasteiger partial charge on any atom is -0.246 e. The lowest BCUT2D eigenvalue weighted by Gasteiger charge is -2.21. The Kier molecular flexibility index (Phi) is 3.62. The van der Waals surface area contributed by atoms with E-state index in [1.807, 2.05) is 0 Å². The number of nitrogens with one attached hydrogen (secondary N) is 1. The molecule has 0 spiro atoms. The molecule has 0 saturated heterocycles. The van der Waals surface area contributed by atoms with Crippen LogP contribution in [0.15, 0.2) is 10.1 Å². The summed E-state index contributed by atoms with van der Waals surface area (Å²) in [5.41, 5.74) is 0. The van der Waals surface area contributed by atoms with Gasteiger partial charge in [0.25, 0.3) is 0 Å². The quantitative estimate of drug-likeness (QED) is 0.871. The third-order valence-corrected chi connectivity index (χ3v) is 7.59. The summed E-state index contributed by atoms with van der Waals surface area (Å²) in [5, 5.41) is 8.04. The smallest absolute Gasteiger partial charge is 0.216 e. The van der Waals surface area contributed by atoms with E-state index in [1.165, 1.54) is 41.5 Å². The van der Waals surface area contributed by atoms with Crippen LogP contribution in [-0.2, 0) is 19.7 Å². The van der Waals surface area contributed by atoms with Crippen LogP contribution in [0.1, 0.15) is 41.5 Å². The van der Waals surface area contributed by atoms with Gasteiger partial charge in [0.1, 0.15) is 0 Å². The predicted molar refractivity (Wildman–Crippen MR) is 70.3 cm³/mol. The van der Waals surface area contributed by atoms with Gasteiger partial charge in [-0.15, -0.1) is 5.10 Å². The van der Waals surface area contributed by atoms with Crippen LogP contribution >= 0.6 is 0 Å². The highest BCUT2D eigenvalue weighted by Crippen LogP contribution is 2.31. The van der Waals surface area contributed by atoms with Gasteiger partial charge in [0.15, 0.2) is 5.03 Å². The van der Waals surface area contributed by atoms with E-state index in [0.29, 0.717) is 0 Å². The van der Waals surface area contributed by atoms with Gasteiger partial charge in [0, 0.05) is 0 Å². The lowest BCUT2D eigenvalue weighted by atomic mass is 10.3. The largest absolute Gasteiger partial charge is 0.246 e. The number of sulfone groups is 2. The van der Waals surface area contributed by atoms with Gasteiger partial charge in [-0.05, 0) is 41.5 Å². The second kappa shape index (κ2) is 4.27. The van der Waals surface area contributed by atoms with E-state index in [2.05, 4.69) is 15.4 Å². The summed E-state index contributed by atoms with van der Waals surface area (Å²) in [7, 11) is -7.76. The Morgan fingerprint density at radius 1 is 0.842 bits per heavy atom. The molecule has 0 amide bonds. The molecule has 110 valence electrons. The maximum Gasteiger partial charge on any atom is 0.216 e. The lowest BCUT2D eigenvalue weighted by molar-refractivity contribution is 0.541. The standard InChI is InChI=1S/C10H19N3O4S2/c1-9(2,3)18(14,15)7-8(12-13-11-7)19(16,17)10(4,5)6/h1-6H3,(H,11,12,13). The summed E-state index contributed by atoms with van der Waals surface area (Å²) in [6, 6.07) is 0. The van der Waals surface area contributed by atoms with Gasteiger partial charge in [-0.2, -0.15) is 0 Å². The van der Waals surface area contributed by atoms with Crippen molar-refractivity contribution in [2.45, 2.75) is 61.1 Å². The molecule has 1 rings (SSSR count). The molecule has 0 aliphatic rings. The molecule has 0 atom stereocenters. The van der Waals surface area contributed by atoms with Crippen LogP contribution in [0.5, 0.6) is 0 Å². The molecule has 0 aromatic carbocycles. The van der Waals surface area contributed by atoms with Gasteiger partial charge < -0.3 is 0 Å². The Morgan fingerprint density at radius 2 is 1.26 bits per heavy atom. The molecule has 0 saturated carbocycles. The number of rotatable bonds is 2. The van der Waals surface area contributed by atoms with Crippen molar-refractivity contribution in [1.82, 2.24) is 15.4 Å². The Balaban J connectivity index is 3.62. The summed E-state index contributed by atoms with van der Waals surface area (Å²) < 4.78 is 47.0. The molecular weight excluding hydrogens is 290 g/mol. The second-order valence-electron chi connectivity index (χ2n) is 6.18. The van der Waals surface area contributed by atoms with Crippen molar-refractivity contribution in [2.75, 3.05) is 0 Å². The predicted octanol–water partition coefficient (Wildman–Crippen LogP) is 0.949. The molecular formula is C10H19N3O4S2. The van der Waals surface area contributed by atoms with Gasteiger partial charge in [-0.25, -0.2) is 21.9 Å². The zero-order valence-electron chi connectivity index (χ0n) is 11.8. The van der Waals surface area contributed by atoms with Crippen molar-refractivity contribution in [2.24, 2.45) is 0 Å². The van der Waals surface area contributed by atoms with Crippen LogP contribution in [-0.4, -0.2) is 41.7 Å². The fourth-order valence-electron chi connectivity index (χ4n) is 1.16. The van der Waals surface area contributed by atoms with E-state index >= 15 is 0 Å². The fraction of sp³-hybridized carbons (Fsp3) is 0.800. The van der Waals surface area contributed by atoms with Crippen molar-refractivity contribution in [3.05, 3.63) is 0 Å². The third-order valence-electron chi connectivity index (χ3n) is 2.62. The highest BCUT2D eigenvalue weighted by Gasteiger charge is 2.42. The molecule has 0 bridgehead atoms. The molecule has 0 unspecified atom stereocenters. The van der Waals surface area contributed by atoms with Gasteiger partial charge in [-0.3, -0.25) is 0 Å². The summed E-state index contributed by atoms with van der Waals surface area (Å²) in [4.78, 5) is 0. The van der Waals surface area contributed by atoms with Crippen LogP contribution in [0.3, 0.4) is 0 Å². The summed E-state index contributed by atoms with van der Waals surface area (Å²) >= 11 is 0. The number of nitrogens with zero attached hydrogens (tertiary/aromatic N) is 2. The average Bonchev–Trinajstić information content (AvgIpc) is 2.62. The third kappa shape index (κ3) is 2.53. The van der Waals surface area contributed by atoms with Crippen molar-refractivity contribution in [3.8, 4) is 0 Å². The summed E-state index contributed by atoms with van der Waals surface area (Å²) in [5.74, 6) is 0. The van der Waals surface area contributed by atoms with Gasteiger partial charge in [-0.1, -0.05) is 5.21 Å². The first-order valence-electron chi connectivity index (χ1n) is 5.63. The number of aromatic nitrogens is 3. The highest BCUT2D eigenvalue weighted by atomic mass is 32.2. The normalized spacial score (nSPS) is 14.6. The van der Waals surface area contributed by atoms with E-state index < -0.39 is 39.2 Å². The molecule has 0 radical (unpaired) electrons. The molecule has 0 fully saturated rings. The monoisotopic (exact) mass is 309 g/mol. The Morgan fingerprint density at radius 3 is 1.63 bits per heavy atom. The first-order chi connectivity index (χ1) is 8.23. The summed E-state index contributed by atoms with van der Waals surface area (Å²) in [6.45, 7) is 8.88. The van der Waals surface area contributed by atoms with Crippen LogP contribution < -0.4 is 0 Å². The molecule has 0 aliphatic heterocycles. The van der Waals surface area contributed by atoms with Gasteiger partial charge in [0.2, 0.25) is 24.7 Å². The second-order valence-corrected chi connectivity index (χ2v) is 11.4. The van der Waals surface area contributed by atoms with Crippen molar-refractivity contribution in [1.29, 1.82) is 0 Å².